The maximum absolute atomic E-state index is 12.5. The first-order valence-corrected chi connectivity index (χ1v) is 7.51. The lowest BCUT2D eigenvalue weighted by Gasteiger charge is -2.42. The molecule has 2 heterocycles. The van der Waals surface area contributed by atoms with E-state index in [0.717, 1.165) is 0 Å². The predicted octanol–water partition coefficient (Wildman–Crippen LogP) is 1.52. The van der Waals surface area contributed by atoms with Crippen LogP contribution in [-0.4, -0.2) is 42.1 Å². The minimum Gasteiger partial charge on any atom is -0.356 e. The summed E-state index contributed by atoms with van der Waals surface area (Å²) in [5, 5.41) is 5.93. The number of rotatable bonds is 1. The Morgan fingerprint density at radius 2 is 1.86 bits per heavy atom. The van der Waals surface area contributed by atoms with Gasteiger partial charge < -0.3 is 5.32 Å². The van der Waals surface area contributed by atoms with Crippen LogP contribution >= 0.6 is 0 Å². The van der Waals surface area contributed by atoms with Crippen LogP contribution in [0.25, 0.3) is 0 Å². The van der Waals surface area contributed by atoms with Crippen LogP contribution in [0.3, 0.4) is 0 Å². The summed E-state index contributed by atoms with van der Waals surface area (Å²) in [6, 6.07) is 0.397. The second kappa shape index (κ2) is 5.08. The second-order valence-electron chi connectivity index (χ2n) is 7.53. The molecule has 0 fully saturated rings. The highest BCUT2D eigenvalue weighted by atomic mass is 16.2. The molecule has 2 rings (SSSR count). The van der Waals surface area contributed by atoms with Gasteiger partial charge in [0.25, 0.3) is 0 Å². The zero-order chi connectivity index (χ0) is 16.9. The lowest BCUT2D eigenvalue weighted by molar-refractivity contribution is -0.123. The number of amides is 1. The second-order valence-corrected chi connectivity index (χ2v) is 7.53. The topological polar surface area (TPSA) is 86.9 Å². The van der Waals surface area contributed by atoms with Crippen LogP contribution in [0.4, 0.5) is 17.5 Å². The Bertz CT molecular complexity index is 657. The molecule has 2 atom stereocenters. The Balaban J connectivity index is 2.46. The van der Waals surface area contributed by atoms with Gasteiger partial charge in [0.05, 0.1) is 20.1 Å². The van der Waals surface area contributed by atoms with Crippen molar-refractivity contribution in [3.8, 4) is 0 Å². The van der Waals surface area contributed by atoms with E-state index in [9.17, 15) is 9.59 Å². The molecule has 0 bridgehead atoms. The highest BCUT2D eigenvalue weighted by molar-refractivity contribution is 5.93. The lowest BCUT2D eigenvalue weighted by atomic mass is 9.96. The number of anilines is 2. The summed E-state index contributed by atoms with van der Waals surface area (Å²) in [4.78, 5) is 31.6. The molecule has 122 valence electrons. The minimum absolute atomic E-state index is 0.169. The summed E-state index contributed by atoms with van der Waals surface area (Å²) in [6.45, 7) is 9.57. The van der Waals surface area contributed by atoms with E-state index < -0.39 is 5.41 Å². The maximum Gasteiger partial charge on any atom is 0.316 e. The first-order chi connectivity index (χ1) is 9.94. The standard InChI is InChI=1S/C15H25N5O2/c1-8-9(2)20(6,7)10-11(16-8)17-14(18-12(10)21)19-13(22)15(3,4)5/h8-9H,1-7H3,(H2-,16,17,18,19,21,22)/p+1. The fourth-order valence-corrected chi connectivity index (χ4v) is 2.56. The zero-order valence-electron chi connectivity index (χ0n) is 14.4. The van der Waals surface area contributed by atoms with Crippen LogP contribution in [0.15, 0.2) is 4.79 Å². The van der Waals surface area contributed by atoms with Crippen LogP contribution < -0.4 is 20.7 Å². The lowest BCUT2D eigenvalue weighted by Crippen LogP contribution is -2.60. The van der Waals surface area contributed by atoms with Gasteiger partial charge in [-0.25, -0.2) is 0 Å². The Hall–Kier alpha value is -1.89. The smallest absolute Gasteiger partial charge is 0.316 e. The molecule has 0 radical (unpaired) electrons. The molecule has 7 nitrogen and oxygen atoms in total. The summed E-state index contributed by atoms with van der Waals surface area (Å²) in [5.74, 6) is 0.517. The molecule has 7 heteroatoms. The van der Waals surface area contributed by atoms with E-state index in [4.69, 9.17) is 0 Å². The van der Waals surface area contributed by atoms with Crippen LogP contribution in [-0.2, 0) is 4.79 Å². The van der Waals surface area contributed by atoms with Gasteiger partial charge in [0.15, 0.2) is 5.82 Å². The van der Waals surface area contributed by atoms with E-state index in [1.165, 1.54) is 0 Å². The molecule has 0 spiro atoms. The number of aromatic nitrogens is 2. The van der Waals surface area contributed by atoms with Crippen LogP contribution in [0.5, 0.6) is 0 Å². The highest BCUT2D eigenvalue weighted by Crippen LogP contribution is 2.33. The van der Waals surface area contributed by atoms with Crippen LogP contribution in [0.2, 0.25) is 0 Å². The summed E-state index contributed by atoms with van der Waals surface area (Å²) in [6.07, 6.45) is 0. The number of quaternary nitrogens is 1. The quantitative estimate of drug-likeness (QED) is 0.687. The number of aromatic amines is 1. The third-order valence-electron chi connectivity index (χ3n) is 4.49. The van der Waals surface area contributed by atoms with Crippen molar-refractivity contribution in [1.82, 2.24) is 14.5 Å². The Labute approximate surface area is 130 Å². The summed E-state index contributed by atoms with van der Waals surface area (Å²) < 4.78 is 0.444. The van der Waals surface area contributed by atoms with Gasteiger partial charge in [-0.15, -0.1) is 0 Å². The molecule has 0 saturated heterocycles. The van der Waals surface area contributed by atoms with Gasteiger partial charge in [-0.3, -0.25) is 24.4 Å². The van der Waals surface area contributed by atoms with Gasteiger partial charge in [-0.1, -0.05) is 20.8 Å². The summed E-state index contributed by atoms with van der Waals surface area (Å²) in [7, 11) is 3.98. The Morgan fingerprint density at radius 1 is 1.27 bits per heavy atom. The van der Waals surface area contributed by atoms with Gasteiger partial charge in [-0.05, 0) is 13.8 Å². The van der Waals surface area contributed by atoms with E-state index in [1.54, 1.807) is 20.8 Å². The number of H-pyrrole nitrogens is 1. The van der Waals surface area contributed by atoms with Gasteiger partial charge in [0.1, 0.15) is 6.04 Å². The number of hydrogen-bond donors (Lipinski definition) is 3. The fourth-order valence-electron chi connectivity index (χ4n) is 2.56. The molecule has 0 saturated carbocycles. The first-order valence-electron chi connectivity index (χ1n) is 7.51. The third-order valence-corrected chi connectivity index (χ3v) is 4.49. The van der Waals surface area contributed by atoms with E-state index in [0.29, 0.717) is 16.0 Å². The number of nitrogens with zero attached hydrogens (tertiary/aromatic N) is 2. The Morgan fingerprint density at radius 3 is 2.41 bits per heavy atom. The van der Waals surface area contributed by atoms with Crippen molar-refractivity contribution < 1.29 is 4.79 Å². The molecule has 1 aromatic heterocycles. The Kier molecular flexibility index (Phi) is 3.81. The number of carbonyl (C=O) groups excluding carboxylic acids is 1. The highest BCUT2D eigenvalue weighted by Gasteiger charge is 2.42. The summed E-state index contributed by atoms with van der Waals surface area (Å²) in [5.41, 5.74) is -0.205. The van der Waals surface area contributed by atoms with Gasteiger partial charge in [-0.2, -0.15) is 4.98 Å². The number of nitrogens with one attached hydrogen (secondary N) is 3. The minimum atomic E-state index is -0.557. The van der Waals surface area contributed by atoms with Gasteiger partial charge in [0.2, 0.25) is 17.5 Å². The van der Waals surface area contributed by atoms with Crippen molar-refractivity contribution in [3.63, 3.8) is 0 Å². The molecule has 3 N–H and O–H groups in total. The monoisotopic (exact) mass is 308 g/mol. The molecular weight excluding hydrogens is 282 g/mol. The molecular formula is C15H26N5O2+. The van der Waals surface area contributed by atoms with Crippen molar-refractivity contribution in [2.24, 2.45) is 5.41 Å². The van der Waals surface area contributed by atoms with Crippen molar-refractivity contribution in [2.75, 3.05) is 24.7 Å². The normalized spacial score (nSPS) is 23.4. The molecule has 1 amide bonds. The number of carbonyl (C=O) groups is 1. The molecule has 2 unspecified atom stereocenters. The third kappa shape index (κ3) is 2.72. The maximum atomic E-state index is 12.5. The predicted molar refractivity (Wildman–Crippen MR) is 89.1 cm³/mol. The van der Waals surface area contributed by atoms with Crippen LogP contribution in [0, 0.1) is 5.41 Å². The molecule has 0 aliphatic carbocycles. The summed E-state index contributed by atoms with van der Waals surface area (Å²) >= 11 is 0. The van der Waals surface area contributed by atoms with Crippen molar-refractivity contribution in [3.05, 3.63) is 10.4 Å². The van der Waals surface area contributed by atoms with Crippen molar-refractivity contribution >= 4 is 23.4 Å². The number of likely N-dealkylation sites (N-methyl/N-ethyl adjacent to an activating group) is 1. The number of hydrogen-bond acceptors (Lipinski definition) is 4. The molecule has 1 aliphatic rings. The fraction of sp³-hybridized carbons (Fsp3) is 0.667. The SMILES string of the molecule is CC1Nc2nc(NC(=O)C(C)(C)C)[nH]c(=O)c2[N+](C)(C)C1C. The van der Waals surface area contributed by atoms with Gasteiger partial charge in [0, 0.05) is 5.41 Å². The van der Waals surface area contributed by atoms with Gasteiger partial charge >= 0.3 is 5.56 Å². The first kappa shape index (κ1) is 16.5. The average molecular weight is 308 g/mol. The van der Waals surface area contributed by atoms with E-state index in [1.807, 2.05) is 14.1 Å². The molecule has 1 aliphatic heterocycles. The number of fused-ring (bicyclic) bond motifs is 1. The largest absolute Gasteiger partial charge is 0.356 e. The van der Waals surface area contributed by atoms with Crippen molar-refractivity contribution in [2.45, 2.75) is 46.7 Å². The van der Waals surface area contributed by atoms with E-state index >= 15 is 0 Å². The van der Waals surface area contributed by atoms with E-state index in [2.05, 4.69) is 34.4 Å². The zero-order valence-corrected chi connectivity index (χ0v) is 14.4. The van der Waals surface area contributed by atoms with Crippen LogP contribution in [0.1, 0.15) is 34.6 Å². The molecule has 22 heavy (non-hydrogen) atoms. The molecule has 1 aromatic rings. The van der Waals surface area contributed by atoms with Crippen molar-refractivity contribution in [1.29, 1.82) is 0 Å². The average Bonchev–Trinajstić information content (AvgIpc) is 2.34. The molecule has 0 aromatic carbocycles. The van der Waals surface area contributed by atoms with E-state index in [-0.39, 0.29) is 29.5 Å².